The Balaban J connectivity index is 2.79. The van der Waals surface area contributed by atoms with E-state index in [-0.39, 0.29) is 18.4 Å². The summed E-state index contributed by atoms with van der Waals surface area (Å²) in [6.07, 6.45) is 2.58. The fourth-order valence-electron chi connectivity index (χ4n) is 0.587. The molecule has 1 N–H and O–H groups in total. The molecule has 0 aliphatic heterocycles. The summed E-state index contributed by atoms with van der Waals surface area (Å²) >= 11 is 0. The number of carbonyl (C=O) groups is 1. The van der Waals surface area contributed by atoms with E-state index in [9.17, 15) is 4.79 Å². The highest BCUT2D eigenvalue weighted by molar-refractivity contribution is 5.82. The summed E-state index contributed by atoms with van der Waals surface area (Å²) in [4.78, 5) is 20.9. The van der Waals surface area contributed by atoms with E-state index in [2.05, 4.69) is 21.5 Å². The maximum absolute atomic E-state index is 10.4. The molecule has 13 heavy (non-hydrogen) atoms. The predicted octanol–water partition coefficient (Wildman–Crippen LogP) is 0.135. The SMILES string of the molecule is C=CCOc1ncnc(C(=O)O)n1. The zero-order valence-electron chi connectivity index (χ0n) is 6.67. The van der Waals surface area contributed by atoms with Crippen molar-refractivity contribution in [1.82, 2.24) is 15.0 Å². The summed E-state index contributed by atoms with van der Waals surface area (Å²) in [6, 6.07) is -0.0210. The maximum Gasteiger partial charge on any atom is 0.374 e. The van der Waals surface area contributed by atoms with Crippen LogP contribution in [0.4, 0.5) is 0 Å². The molecule has 6 nitrogen and oxygen atoms in total. The van der Waals surface area contributed by atoms with Gasteiger partial charge in [-0.25, -0.2) is 9.78 Å². The summed E-state index contributed by atoms with van der Waals surface area (Å²) in [5.41, 5.74) is 0. The second kappa shape index (κ2) is 4.15. The van der Waals surface area contributed by atoms with Crippen molar-refractivity contribution >= 4 is 5.97 Å². The normalized spacial score (nSPS) is 9.23. The Kier molecular flexibility index (Phi) is 2.91. The van der Waals surface area contributed by atoms with Crippen LogP contribution in [-0.2, 0) is 0 Å². The zero-order valence-corrected chi connectivity index (χ0v) is 6.67. The molecule has 1 heterocycles. The third-order valence-corrected chi connectivity index (χ3v) is 1.07. The van der Waals surface area contributed by atoms with E-state index in [0.29, 0.717) is 0 Å². The Bertz CT molecular complexity index is 327. The summed E-state index contributed by atoms with van der Waals surface area (Å²) in [6.45, 7) is 3.65. The third kappa shape index (κ3) is 2.51. The fraction of sp³-hybridized carbons (Fsp3) is 0.143. The minimum absolute atomic E-state index is 0.0210. The molecule has 1 aromatic rings. The summed E-state index contributed by atoms with van der Waals surface area (Å²) in [7, 11) is 0. The molecule has 0 saturated carbocycles. The largest absolute Gasteiger partial charge is 0.475 e. The molecule has 0 spiro atoms. The summed E-state index contributed by atoms with van der Waals surface area (Å²) in [5.74, 6) is -1.56. The van der Waals surface area contributed by atoms with Crippen molar-refractivity contribution in [3.63, 3.8) is 0 Å². The lowest BCUT2D eigenvalue weighted by molar-refractivity contribution is 0.0681. The molecule has 68 valence electrons. The number of carboxylic acid groups (broad SMARTS) is 1. The Morgan fingerprint density at radius 1 is 1.69 bits per heavy atom. The second-order valence-corrected chi connectivity index (χ2v) is 2.00. The Morgan fingerprint density at radius 2 is 2.46 bits per heavy atom. The van der Waals surface area contributed by atoms with Gasteiger partial charge in [0.15, 0.2) is 0 Å². The van der Waals surface area contributed by atoms with E-state index in [0.717, 1.165) is 6.33 Å². The van der Waals surface area contributed by atoms with E-state index in [4.69, 9.17) is 9.84 Å². The topological polar surface area (TPSA) is 85.2 Å². The first-order chi connectivity index (χ1) is 6.24. The molecule has 0 aliphatic rings. The van der Waals surface area contributed by atoms with Gasteiger partial charge in [0.1, 0.15) is 12.9 Å². The van der Waals surface area contributed by atoms with E-state index in [1.807, 2.05) is 0 Å². The van der Waals surface area contributed by atoms with Crippen molar-refractivity contribution < 1.29 is 14.6 Å². The van der Waals surface area contributed by atoms with Gasteiger partial charge >= 0.3 is 12.0 Å². The monoisotopic (exact) mass is 181 g/mol. The molecule has 0 aliphatic carbocycles. The van der Waals surface area contributed by atoms with Crippen LogP contribution in [0.15, 0.2) is 19.0 Å². The van der Waals surface area contributed by atoms with Gasteiger partial charge in [-0.15, -0.1) is 0 Å². The average molecular weight is 181 g/mol. The Hall–Kier alpha value is -1.98. The summed E-state index contributed by atoms with van der Waals surface area (Å²) in [5, 5.41) is 8.51. The lowest BCUT2D eigenvalue weighted by Crippen LogP contribution is -2.07. The zero-order chi connectivity index (χ0) is 9.68. The number of aromatic carboxylic acids is 1. The van der Waals surface area contributed by atoms with Crippen LogP contribution < -0.4 is 4.74 Å². The smallest absolute Gasteiger partial charge is 0.374 e. The van der Waals surface area contributed by atoms with Gasteiger partial charge in [-0.1, -0.05) is 12.7 Å². The highest BCUT2D eigenvalue weighted by Gasteiger charge is 2.07. The molecule has 6 heteroatoms. The van der Waals surface area contributed by atoms with Crippen LogP contribution in [-0.4, -0.2) is 32.6 Å². The molecule has 1 aromatic heterocycles. The standard InChI is InChI=1S/C7H7N3O3/c1-2-3-13-7-9-4-8-5(10-7)6(11)12/h2,4H,1,3H2,(H,11,12). The van der Waals surface area contributed by atoms with Gasteiger partial charge in [0.25, 0.3) is 0 Å². The van der Waals surface area contributed by atoms with E-state index >= 15 is 0 Å². The first-order valence-corrected chi connectivity index (χ1v) is 3.40. The van der Waals surface area contributed by atoms with Crippen molar-refractivity contribution in [3.8, 4) is 6.01 Å². The number of hydrogen-bond donors (Lipinski definition) is 1. The van der Waals surface area contributed by atoms with Crippen LogP contribution in [0.1, 0.15) is 10.6 Å². The van der Waals surface area contributed by atoms with Gasteiger partial charge < -0.3 is 9.84 Å². The van der Waals surface area contributed by atoms with Crippen LogP contribution in [0.25, 0.3) is 0 Å². The highest BCUT2D eigenvalue weighted by Crippen LogP contribution is 1.99. The van der Waals surface area contributed by atoms with Crippen LogP contribution in [0.3, 0.4) is 0 Å². The molecule has 0 aromatic carbocycles. The van der Waals surface area contributed by atoms with Crippen LogP contribution in [0.2, 0.25) is 0 Å². The predicted molar refractivity (Wildman–Crippen MR) is 42.5 cm³/mol. The molecule has 0 amide bonds. The first kappa shape index (κ1) is 9.11. The Labute approximate surface area is 73.9 Å². The van der Waals surface area contributed by atoms with Gasteiger partial charge in [0.05, 0.1) is 0 Å². The van der Waals surface area contributed by atoms with E-state index < -0.39 is 5.97 Å². The molecular formula is C7H7N3O3. The molecule has 0 radical (unpaired) electrons. The quantitative estimate of drug-likeness (QED) is 0.664. The maximum atomic E-state index is 10.4. The number of ether oxygens (including phenoxy) is 1. The molecule has 0 atom stereocenters. The molecular weight excluding hydrogens is 174 g/mol. The highest BCUT2D eigenvalue weighted by atomic mass is 16.5. The lowest BCUT2D eigenvalue weighted by Gasteiger charge is -1.99. The molecule has 0 unspecified atom stereocenters. The van der Waals surface area contributed by atoms with Crippen molar-refractivity contribution in [1.29, 1.82) is 0 Å². The van der Waals surface area contributed by atoms with Crippen molar-refractivity contribution in [2.24, 2.45) is 0 Å². The van der Waals surface area contributed by atoms with Gasteiger partial charge in [-0.2, -0.15) is 9.97 Å². The third-order valence-electron chi connectivity index (χ3n) is 1.07. The van der Waals surface area contributed by atoms with Crippen molar-refractivity contribution in [2.45, 2.75) is 0 Å². The van der Waals surface area contributed by atoms with E-state index in [1.165, 1.54) is 6.08 Å². The molecule has 1 rings (SSSR count). The van der Waals surface area contributed by atoms with Crippen molar-refractivity contribution in [3.05, 3.63) is 24.8 Å². The molecule has 0 bridgehead atoms. The number of hydrogen-bond acceptors (Lipinski definition) is 5. The van der Waals surface area contributed by atoms with Crippen molar-refractivity contribution in [2.75, 3.05) is 6.61 Å². The second-order valence-electron chi connectivity index (χ2n) is 2.00. The van der Waals surface area contributed by atoms with Gasteiger partial charge in [0, 0.05) is 0 Å². The van der Waals surface area contributed by atoms with Gasteiger partial charge in [0.2, 0.25) is 5.82 Å². The lowest BCUT2D eigenvalue weighted by atomic mass is 10.6. The Morgan fingerprint density at radius 3 is 3.08 bits per heavy atom. The average Bonchev–Trinajstić information content (AvgIpc) is 2.15. The summed E-state index contributed by atoms with van der Waals surface area (Å²) < 4.78 is 4.90. The number of nitrogens with zero attached hydrogens (tertiary/aromatic N) is 3. The van der Waals surface area contributed by atoms with Crippen LogP contribution in [0, 0.1) is 0 Å². The van der Waals surface area contributed by atoms with E-state index in [1.54, 1.807) is 0 Å². The van der Waals surface area contributed by atoms with Gasteiger partial charge in [-0.3, -0.25) is 0 Å². The molecule has 0 fully saturated rings. The number of rotatable bonds is 4. The minimum atomic E-state index is -1.22. The van der Waals surface area contributed by atoms with Gasteiger partial charge in [-0.05, 0) is 0 Å². The number of carboxylic acids is 1. The minimum Gasteiger partial charge on any atom is -0.475 e. The van der Waals surface area contributed by atoms with Crippen LogP contribution in [0.5, 0.6) is 6.01 Å². The fourth-order valence-corrected chi connectivity index (χ4v) is 0.587. The molecule has 0 saturated heterocycles. The number of aromatic nitrogens is 3. The first-order valence-electron chi connectivity index (χ1n) is 3.40. The van der Waals surface area contributed by atoms with Crippen LogP contribution >= 0.6 is 0 Å².